The van der Waals surface area contributed by atoms with Crippen molar-refractivity contribution in [3.63, 3.8) is 0 Å². The Balaban J connectivity index is 1.64. The Labute approximate surface area is 186 Å². The lowest BCUT2D eigenvalue weighted by Crippen LogP contribution is -2.46. The first-order valence-electron chi connectivity index (χ1n) is 10.3. The number of nitrogens with zero attached hydrogens (tertiary/aromatic N) is 1. The summed E-state index contributed by atoms with van der Waals surface area (Å²) in [4.78, 5) is 30.5. The van der Waals surface area contributed by atoms with Crippen molar-refractivity contribution in [3.05, 3.63) is 70.4 Å². The Bertz CT molecular complexity index is 1120. The van der Waals surface area contributed by atoms with Gasteiger partial charge in [0.15, 0.2) is 0 Å². The zero-order chi connectivity index (χ0) is 22.2. The number of nitrogens with one attached hydrogen (secondary N) is 2. The van der Waals surface area contributed by atoms with Gasteiger partial charge in [-0.1, -0.05) is 41.9 Å². The summed E-state index contributed by atoms with van der Waals surface area (Å²) in [7, 11) is 0. The van der Waals surface area contributed by atoms with E-state index in [1.807, 2.05) is 42.5 Å². The van der Waals surface area contributed by atoms with Crippen LogP contribution in [0.5, 0.6) is 0 Å². The van der Waals surface area contributed by atoms with Crippen LogP contribution in [0.3, 0.4) is 0 Å². The summed E-state index contributed by atoms with van der Waals surface area (Å²) in [6.45, 7) is 5.78. The number of rotatable bonds is 3. The van der Waals surface area contributed by atoms with Crippen LogP contribution in [-0.2, 0) is 16.0 Å². The minimum atomic E-state index is -0.622. The number of carbonyl (C=O) groups excluding carboxylic acids is 2. The molecule has 6 nitrogen and oxygen atoms in total. The molecule has 0 bridgehead atoms. The van der Waals surface area contributed by atoms with E-state index in [4.69, 9.17) is 16.3 Å². The van der Waals surface area contributed by atoms with Crippen LogP contribution in [-0.4, -0.2) is 40.6 Å². The summed E-state index contributed by atoms with van der Waals surface area (Å²) in [6, 6.07) is 15.4. The molecule has 0 aliphatic carbocycles. The van der Waals surface area contributed by atoms with Crippen molar-refractivity contribution in [3.8, 4) is 0 Å². The number of fused-ring (bicyclic) bond motifs is 3. The van der Waals surface area contributed by atoms with E-state index in [1.54, 1.807) is 25.7 Å². The van der Waals surface area contributed by atoms with Crippen molar-refractivity contribution >= 4 is 34.5 Å². The number of hydrogen-bond acceptors (Lipinski definition) is 3. The summed E-state index contributed by atoms with van der Waals surface area (Å²) in [5.41, 5.74) is 3.61. The van der Waals surface area contributed by atoms with E-state index in [9.17, 15) is 9.59 Å². The number of H-pyrrole nitrogens is 1. The maximum atomic E-state index is 13.2. The van der Waals surface area contributed by atoms with Crippen molar-refractivity contribution in [1.29, 1.82) is 0 Å². The molecular formula is C24H26ClN3O3. The lowest BCUT2D eigenvalue weighted by Gasteiger charge is -2.36. The molecule has 7 heteroatoms. The number of hydrogen-bond donors (Lipinski definition) is 2. The van der Waals surface area contributed by atoms with Crippen LogP contribution < -0.4 is 5.32 Å². The van der Waals surface area contributed by atoms with Crippen LogP contribution >= 0.6 is 11.6 Å². The highest BCUT2D eigenvalue weighted by Crippen LogP contribution is 2.38. The Hall–Kier alpha value is -2.99. The number of carbonyl (C=O) groups is 2. The largest absolute Gasteiger partial charge is 0.444 e. The zero-order valence-corrected chi connectivity index (χ0v) is 18.6. The normalized spacial score (nSPS) is 16.1. The second kappa shape index (κ2) is 8.27. The van der Waals surface area contributed by atoms with E-state index in [0.29, 0.717) is 11.6 Å². The molecule has 1 aromatic heterocycles. The topological polar surface area (TPSA) is 74.4 Å². The first kappa shape index (κ1) is 21.2. The number of ether oxygens (including phenoxy) is 1. The fraction of sp³-hybridized carbons (Fsp3) is 0.333. The molecule has 2 amide bonds. The molecule has 0 saturated carbocycles. The van der Waals surface area contributed by atoms with E-state index in [-0.39, 0.29) is 18.5 Å². The van der Waals surface area contributed by atoms with E-state index < -0.39 is 11.7 Å². The molecule has 162 valence electrons. The van der Waals surface area contributed by atoms with E-state index in [2.05, 4.69) is 16.4 Å². The number of alkyl carbamates (subject to hydrolysis) is 1. The number of halogens is 1. The summed E-state index contributed by atoms with van der Waals surface area (Å²) >= 11 is 6.10. The molecule has 1 aliphatic heterocycles. The third kappa shape index (κ3) is 4.54. The van der Waals surface area contributed by atoms with Crippen molar-refractivity contribution in [1.82, 2.24) is 15.2 Å². The minimum Gasteiger partial charge on any atom is -0.444 e. The van der Waals surface area contributed by atoms with Gasteiger partial charge in [0.25, 0.3) is 0 Å². The highest BCUT2D eigenvalue weighted by Gasteiger charge is 2.34. The molecule has 3 aromatic rings. The second-order valence-electron chi connectivity index (χ2n) is 8.71. The third-order valence-electron chi connectivity index (χ3n) is 5.32. The Kier molecular flexibility index (Phi) is 5.67. The third-order valence-corrected chi connectivity index (χ3v) is 5.58. The van der Waals surface area contributed by atoms with Gasteiger partial charge >= 0.3 is 6.09 Å². The van der Waals surface area contributed by atoms with Gasteiger partial charge in [0, 0.05) is 28.2 Å². The van der Waals surface area contributed by atoms with Crippen molar-refractivity contribution in [2.75, 3.05) is 13.1 Å². The Morgan fingerprint density at radius 1 is 1.16 bits per heavy atom. The lowest BCUT2D eigenvalue weighted by molar-refractivity contribution is -0.132. The van der Waals surface area contributed by atoms with Crippen LogP contribution in [0.25, 0.3) is 10.9 Å². The Morgan fingerprint density at radius 2 is 1.87 bits per heavy atom. The fourth-order valence-corrected chi connectivity index (χ4v) is 4.19. The first-order valence-corrected chi connectivity index (χ1v) is 10.7. The molecule has 2 heterocycles. The number of benzene rings is 2. The summed E-state index contributed by atoms with van der Waals surface area (Å²) in [5, 5.41) is 4.40. The lowest BCUT2D eigenvalue weighted by atomic mass is 9.92. The van der Waals surface area contributed by atoms with Crippen LogP contribution in [0.2, 0.25) is 5.02 Å². The molecule has 0 fully saturated rings. The predicted octanol–water partition coefficient (Wildman–Crippen LogP) is 4.82. The number of para-hydroxylation sites is 1. The van der Waals surface area contributed by atoms with Crippen molar-refractivity contribution in [2.45, 2.75) is 38.8 Å². The van der Waals surface area contributed by atoms with Gasteiger partial charge in [-0.15, -0.1) is 0 Å². The van der Waals surface area contributed by atoms with Crippen LogP contribution in [0.15, 0.2) is 48.5 Å². The van der Waals surface area contributed by atoms with Crippen LogP contribution in [0.1, 0.15) is 43.6 Å². The monoisotopic (exact) mass is 439 g/mol. The smallest absolute Gasteiger partial charge is 0.408 e. The van der Waals surface area contributed by atoms with E-state index in [0.717, 1.165) is 23.2 Å². The molecule has 1 unspecified atom stereocenters. The average Bonchev–Trinajstić information content (AvgIpc) is 3.09. The summed E-state index contributed by atoms with van der Waals surface area (Å²) in [6.07, 6.45) is 0.133. The first-order chi connectivity index (χ1) is 14.7. The minimum absolute atomic E-state index is 0.130. The van der Waals surface area contributed by atoms with Crippen LogP contribution in [0.4, 0.5) is 4.79 Å². The van der Waals surface area contributed by atoms with Crippen molar-refractivity contribution in [2.24, 2.45) is 0 Å². The quantitative estimate of drug-likeness (QED) is 0.614. The SMILES string of the molecule is CC(C)(C)OC(=O)NCC(=O)N1CCc2c([nH]c3ccccc23)C1c1ccc(Cl)cc1. The standard InChI is InChI=1S/C24H26ClN3O3/c1-24(2,3)31-23(30)26-14-20(29)28-13-12-18-17-6-4-5-7-19(17)27-21(18)22(28)15-8-10-16(25)11-9-15/h4-11,22,27H,12-14H2,1-3H3,(H,26,30). The number of aromatic amines is 1. The molecule has 2 N–H and O–H groups in total. The van der Waals surface area contributed by atoms with Gasteiger partial charge in [0.1, 0.15) is 12.1 Å². The van der Waals surface area contributed by atoms with Gasteiger partial charge in [0.05, 0.1) is 6.04 Å². The van der Waals surface area contributed by atoms with Gasteiger partial charge in [-0.3, -0.25) is 4.79 Å². The molecule has 0 saturated heterocycles. The van der Waals surface area contributed by atoms with Gasteiger partial charge in [-0.25, -0.2) is 4.79 Å². The highest BCUT2D eigenvalue weighted by atomic mass is 35.5. The second-order valence-corrected chi connectivity index (χ2v) is 9.15. The summed E-state index contributed by atoms with van der Waals surface area (Å²) < 4.78 is 5.25. The zero-order valence-electron chi connectivity index (χ0n) is 17.9. The van der Waals surface area contributed by atoms with Gasteiger partial charge < -0.3 is 19.9 Å². The van der Waals surface area contributed by atoms with Gasteiger partial charge in [-0.05, 0) is 56.5 Å². The average molecular weight is 440 g/mol. The predicted molar refractivity (Wildman–Crippen MR) is 121 cm³/mol. The molecule has 2 aromatic carbocycles. The molecule has 0 spiro atoms. The van der Waals surface area contributed by atoms with E-state index in [1.165, 1.54) is 10.9 Å². The molecule has 0 radical (unpaired) electrons. The summed E-state index contributed by atoms with van der Waals surface area (Å²) in [5.74, 6) is -0.171. The molecule has 1 aliphatic rings. The number of amides is 2. The maximum Gasteiger partial charge on any atom is 0.408 e. The van der Waals surface area contributed by atoms with Gasteiger partial charge in [0.2, 0.25) is 5.91 Å². The van der Waals surface area contributed by atoms with Crippen molar-refractivity contribution < 1.29 is 14.3 Å². The van der Waals surface area contributed by atoms with Crippen LogP contribution in [0, 0.1) is 0 Å². The van der Waals surface area contributed by atoms with E-state index >= 15 is 0 Å². The molecular weight excluding hydrogens is 414 g/mol. The highest BCUT2D eigenvalue weighted by molar-refractivity contribution is 6.30. The fourth-order valence-electron chi connectivity index (χ4n) is 4.06. The molecule has 1 atom stereocenters. The molecule has 4 rings (SSSR count). The Morgan fingerprint density at radius 3 is 2.58 bits per heavy atom. The number of aromatic nitrogens is 1. The molecule has 31 heavy (non-hydrogen) atoms. The maximum absolute atomic E-state index is 13.2. The van der Waals surface area contributed by atoms with Gasteiger partial charge in [-0.2, -0.15) is 0 Å².